The fraction of sp³-hybridized carbons (Fsp3) is 0.200. The molecule has 3 aromatic carbocycles. The first-order chi connectivity index (χ1) is 16.1. The van der Waals surface area contributed by atoms with Crippen LogP contribution in [0, 0.1) is 13.8 Å². The van der Waals surface area contributed by atoms with Gasteiger partial charge in [0.25, 0.3) is 5.91 Å². The van der Waals surface area contributed by atoms with Crippen molar-refractivity contribution in [2.75, 3.05) is 17.1 Å². The number of ether oxygens (including phenoxy) is 1. The lowest BCUT2D eigenvalue weighted by Crippen LogP contribution is -2.39. The largest absolute Gasteiger partial charge is 0.489 e. The summed E-state index contributed by atoms with van der Waals surface area (Å²) in [6.45, 7) is 3.67. The molecule has 0 radical (unpaired) electrons. The van der Waals surface area contributed by atoms with Gasteiger partial charge in [-0.2, -0.15) is 5.10 Å². The zero-order valence-electron chi connectivity index (χ0n) is 19.2. The number of rotatable bonds is 9. The highest BCUT2D eigenvalue weighted by molar-refractivity contribution is 7.92. The monoisotopic (exact) mass is 499 g/mol. The van der Waals surface area contributed by atoms with E-state index in [1.807, 2.05) is 44.2 Å². The van der Waals surface area contributed by atoms with Crippen LogP contribution < -0.4 is 14.5 Å². The van der Waals surface area contributed by atoms with Crippen molar-refractivity contribution in [3.05, 3.63) is 94.0 Å². The van der Waals surface area contributed by atoms with Crippen LogP contribution in [0.3, 0.4) is 0 Å². The average molecular weight is 500 g/mol. The Balaban J connectivity index is 1.58. The Hall–Kier alpha value is -3.36. The van der Waals surface area contributed by atoms with Crippen molar-refractivity contribution in [3.8, 4) is 5.75 Å². The molecular formula is C25H26ClN3O4S. The number of nitrogens with zero attached hydrogens (tertiary/aromatic N) is 2. The van der Waals surface area contributed by atoms with Crippen molar-refractivity contribution in [3.63, 3.8) is 0 Å². The number of hydrogen-bond acceptors (Lipinski definition) is 5. The molecule has 0 spiro atoms. The second-order valence-corrected chi connectivity index (χ2v) is 10.0. The third-order valence-corrected chi connectivity index (χ3v) is 6.66. The fourth-order valence-corrected chi connectivity index (χ4v) is 4.26. The summed E-state index contributed by atoms with van der Waals surface area (Å²) >= 11 is 6.14. The molecule has 0 fully saturated rings. The number of carbonyl (C=O) groups is 1. The summed E-state index contributed by atoms with van der Waals surface area (Å²) < 4.78 is 31.4. The van der Waals surface area contributed by atoms with Gasteiger partial charge in [-0.3, -0.25) is 9.10 Å². The minimum Gasteiger partial charge on any atom is -0.489 e. The van der Waals surface area contributed by atoms with E-state index < -0.39 is 15.9 Å². The first-order valence-electron chi connectivity index (χ1n) is 10.5. The zero-order chi connectivity index (χ0) is 24.7. The smallest absolute Gasteiger partial charge is 0.260 e. The Morgan fingerprint density at radius 1 is 1.06 bits per heavy atom. The number of nitrogens with one attached hydrogen (secondary N) is 1. The highest BCUT2D eigenvalue weighted by Crippen LogP contribution is 2.24. The average Bonchev–Trinajstić information content (AvgIpc) is 2.79. The SMILES string of the molecule is Cc1cccc(N(CC(=O)N/N=C\c2ccc(OCc3ccccc3Cl)cc2)S(C)(=O)=O)c1C. The van der Waals surface area contributed by atoms with Crippen LogP contribution in [0.25, 0.3) is 0 Å². The van der Waals surface area contributed by atoms with E-state index in [1.165, 1.54) is 6.21 Å². The summed E-state index contributed by atoms with van der Waals surface area (Å²) in [5.41, 5.74) is 6.20. The van der Waals surface area contributed by atoms with Gasteiger partial charge in [0, 0.05) is 10.6 Å². The van der Waals surface area contributed by atoms with Gasteiger partial charge in [-0.15, -0.1) is 0 Å². The van der Waals surface area contributed by atoms with Crippen molar-refractivity contribution in [2.24, 2.45) is 5.10 Å². The molecule has 3 rings (SSSR count). The molecule has 0 unspecified atom stereocenters. The lowest BCUT2D eigenvalue weighted by atomic mass is 10.1. The van der Waals surface area contributed by atoms with Gasteiger partial charge in [-0.05, 0) is 66.9 Å². The molecule has 0 atom stereocenters. The molecule has 0 aromatic heterocycles. The number of hydrogen-bond donors (Lipinski definition) is 1. The van der Waals surface area contributed by atoms with E-state index in [4.69, 9.17) is 16.3 Å². The van der Waals surface area contributed by atoms with Gasteiger partial charge < -0.3 is 4.74 Å². The Labute approximate surface area is 205 Å². The van der Waals surface area contributed by atoms with Gasteiger partial charge in [-0.1, -0.05) is 41.9 Å². The Kier molecular flexibility index (Phi) is 8.31. The molecule has 34 heavy (non-hydrogen) atoms. The van der Waals surface area contributed by atoms with Crippen LogP contribution in [-0.2, 0) is 21.4 Å². The Morgan fingerprint density at radius 2 is 1.76 bits per heavy atom. The van der Waals surface area contributed by atoms with Crippen molar-refractivity contribution in [1.29, 1.82) is 0 Å². The Morgan fingerprint density at radius 3 is 2.44 bits per heavy atom. The minimum atomic E-state index is -3.66. The van der Waals surface area contributed by atoms with E-state index in [2.05, 4.69) is 10.5 Å². The molecule has 0 aliphatic heterocycles. The van der Waals surface area contributed by atoms with E-state index in [0.29, 0.717) is 23.1 Å². The predicted octanol–water partition coefficient (Wildman–Crippen LogP) is 4.45. The molecule has 9 heteroatoms. The highest BCUT2D eigenvalue weighted by atomic mass is 35.5. The van der Waals surface area contributed by atoms with Gasteiger partial charge in [-0.25, -0.2) is 13.8 Å². The fourth-order valence-electron chi connectivity index (χ4n) is 3.16. The lowest BCUT2D eigenvalue weighted by molar-refractivity contribution is -0.119. The second-order valence-electron chi connectivity index (χ2n) is 7.73. The first-order valence-corrected chi connectivity index (χ1v) is 12.7. The summed E-state index contributed by atoms with van der Waals surface area (Å²) in [6.07, 6.45) is 2.54. The molecular weight excluding hydrogens is 474 g/mol. The van der Waals surface area contributed by atoms with Crippen LogP contribution in [0.5, 0.6) is 5.75 Å². The maximum atomic E-state index is 12.4. The van der Waals surface area contributed by atoms with Crippen molar-refractivity contribution < 1.29 is 17.9 Å². The summed E-state index contributed by atoms with van der Waals surface area (Å²) in [5.74, 6) is 0.112. The predicted molar refractivity (Wildman–Crippen MR) is 136 cm³/mol. The molecule has 7 nitrogen and oxygen atoms in total. The highest BCUT2D eigenvalue weighted by Gasteiger charge is 2.22. The topological polar surface area (TPSA) is 88.1 Å². The molecule has 1 amide bonds. The number of halogens is 1. The van der Waals surface area contributed by atoms with Crippen LogP contribution in [0.4, 0.5) is 5.69 Å². The van der Waals surface area contributed by atoms with Gasteiger partial charge in [0.1, 0.15) is 18.9 Å². The molecule has 178 valence electrons. The number of anilines is 1. The van der Waals surface area contributed by atoms with Crippen molar-refractivity contribution >= 4 is 39.4 Å². The molecule has 0 aliphatic carbocycles. The van der Waals surface area contributed by atoms with Gasteiger partial charge >= 0.3 is 0 Å². The van der Waals surface area contributed by atoms with E-state index in [-0.39, 0.29) is 6.54 Å². The zero-order valence-corrected chi connectivity index (χ0v) is 20.7. The lowest BCUT2D eigenvalue weighted by Gasteiger charge is -2.23. The second kappa shape index (κ2) is 11.2. The third kappa shape index (κ3) is 6.82. The number of carbonyl (C=O) groups excluding carboxylic acids is 1. The summed E-state index contributed by atoms with van der Waals surface area (Å²) in [5, 5.41) is 4.59. The van der Waals surface area contributed by atoms with Crippen LogP contribution in [0.15, 0.2) is 71.8 Å². The maximum Gasteiger partial charge on any atom is 0.260 e. The molecule has 0 bridgehead atoms. The number of hydrazone groups is 1. The molecule has 1 N–H and O–H groups in total. The number of benzene rings is 3. The van der Waals surface area contributed by atoms with Crippen LogP contribution >= 0.6 is 11.6 Å². The Bertz CT molecular complexity index is 1290. The normalized spacial score (nSPS) is 11.4. The van der Waals surface area contributed by atoms with Crippen LogP contribution in [-0.4, -0.2) is 33.3 Å². The maximum absolute atomic E-state index is 12.4. The van der Waals surface area contributed by atoms with Crippen molar-refractivity contribution in [1.82, 2.24) is 5.43 Å². The van der Waals surface area contributed by atoms with Gasteiger partial charge in [0.15, 0.2) is 0 Å². The summed E-state index contributed by atoms with van der Waals surface area (Å²) in [4.78, 5) is 12.4. The van der Waals surface area contributed by atoms with Gasteiger partial charge in [0.2, 0.25) is 10.0 Å². The van der Waals surface area contributed by atoms with Crippen molar-refractivity contribution in [2.45, 2.75) is 20.5 Å². The molecule has 0 saturated carbocycles. The number of amides is 1. The molecule has 0 saturated heterocycles. The number of sulfonamides is 1. The minimum absolute atomic E-state index is 0.348. The molecule has 3 aromatic rings. The quantitative estimate of drug-likeness (QED) is 0.348. The van der Waals surface area contributed by atoms with Crippen LogP contribution in [0.1, 0.15) is 22.3 Å². The number of aryl methyl sites for hydroxylation is 1. The van der Waals surface area contributed by atoms with E-state index >= 15 is 0 Å². The van der Waals surface area contributed by atoms with Crippen LogP contribution in [0.2, 0.25) is 5.02 Å². The standard InChI is InChI=1S/C25H26ClN3O4S/c1-18-7-6-10-24(19(18)2)29(34(3,31)32)16-25(30)28-27-15-20-11-13-22(14-12-20)33-17-21-8-4-5-9-23(21)26/h4-15H,16-17H2,1-3H3,(H,28,30)/b27-15-. The first kappa shape index (κ1) is 25.3. The van der Waals surface area contributed by atoms with E-state index in [9.17, 15) is 13.2 Å². The third-order valence-electron chi connectivity index (χ3n) is 5.17. The molecule has 0 heterocycles. The van der Waals surface area contributed by atoms with Gasteiger partial charge in [0.05, 0.1) is 18.2 Å². The summed E-state index contributed by atoms with van der Waals surface area (Å²) in [6, 6.07) is 19.9. The van der Waals surface area contributed by atoms with E-state index in [1.54, 1.807) is 36.4 Å². The molecule has 0 aliphatic rings. The van der Waals surface area contributed by atoms with E-state index in [0.717, 1.165) is 32.8 Å². The summed E-state index contributed by atoms with van der Waals surface area (Å²) in [7, 11) is -3.66.